The number of benzene rings is 1. The van der Waals surface area contributed by atoms with Crippen molar-refractivity contribution in [1.29, 1.82) is 0 Å². The molecule has 1 fully saturated rings. The molecule has 2 atom stereocenters. The van der Waals surface area contributed by atoms with Gasteiger partial charge >= 0.3 is 0 Å². The van der Waals surface area contributed by atoms with E-state index in [2.05, 4.69) is 31.2 Å². The van der Waals surface area contributed by atoms with Crippen molar-refractivity contribution in [3.8, 4) is 0 Å². The molecular weight excluding hydrogens is 212 g/mol. The lowest BCUT2D eigenvalue weighted by Gasteiger charge is -2.26. The normalized spacial score (nSPS) is 21.6. The molecule has 1 aromatic carbocycles. The Kier molecular flexibility index (Phi) is 3.48. The van der Waals surface area contributed by atoms with Crippen LogP contribution in [0.2, 0.25) is 0 Å². The van der Waals surface area contributed by atoms with Gasteiger partial charge in [0.2, 0.25) is 5.91 Å². The van der Waals surface area contributed by atoms with Gasteiger partial charge < -0.3 is 10.6 Å². The first-order valence-electron chi connectivity index (χ1n) is 6.22. The van der Waals surface area contributed by atoms with Crippen LogP contribution in [0.4, 0.5) is 0 Å². The number of carbonyl (C=O) groups is 1. The first-order chi connectivity index (χ1) is 8.09. The van der Waals surface area contributed by atoms with Gasteiger partial charge in [0.25, 0.3) is 0 Å². The van der Waals surface area contributed by atoms with Crippen molar-refractivity contribution in [2.45, 2.75) is 38.8 Å². The Bertz CT molecular complexity index is 397. The Hall–Kier alpha value is -1.35. The van der Waals surface area contributed by atoms with E-state index in [1.165, 1.54) is 11.1 Å². The van der Waals surface area contributed by atoms with Gasteiger partial charge in [-0.1, -0.05) is 29.8 Å². The van der Waals surface area contributed by atoms with Gasteiger partial charge in [-0.3, -0.25) is 4.79 Å². The maximum absolute atomic E-state index is 12.0. The molecule has 1 unspecified atom stereocenters. The molecule has 0 aromatic heterocycles. The highest BCUT2D eigenvalue weighted by molar-refractivity contribution is 5.81. The first kappa shape index (κ1) is 12.1. The number of rotatable bonds is 2. The molecule has 1 aromatic rings. The van der Waals surface area contributed by atoms with Crippen LogP contribution >= 0.6 is 0 Å². The minimum absolute atomic E-state index is 0.0630. The maximum Gasteiger partial charge on any atom is 0.239 e. The quantitative estimate of drug-likeness (QED) is 0.847. The van der Waals surface area contributed by atoms with Crippen molar-refractivity contribution in [1.82, 2.24) is 4.90 Å². The van der Waals surface area contributed by atoms with E-state index in [1.807, 2.05) is 4.90 Å². The number of carbonyl (C=O) groups excluding carboxylic acids is 1. The molecule has 3 heteroatoms. The summed E-state index contributed by atoms with van der Waals surface area (Å²) in [7, 11) is 0. The fraction of sp³-hybridized carbons (Fsp3) is 0.500. The van der Waals surface area contributed by atoms with Crippen molar-refractivity contribution in [3.05, 3.63) is 35.4 Å². The van der Waals surface area contributed by atoms with E-state index in [0.29, 0.717) is 0 Å². The zero-order valence-corrected chi connectivity index (χ0v) is 10.5. The Morgan fingerprint density at radius 3 is 2.65 bits per heavy atom. The second-order valence-corrected chi connectivity index (χ2v) is 4.89. The van der Waals surface area contributed by atoms with Gasteiger partial charge in [-0.15, -0.1) is 0 Å². The number of nitrogens with two attached hydrogens (primary N) is 1. The summed E-state index contributed by atoms with van der Waals surface area (Å²) in [4.78, 5) is 13.9. The van der Waals surface area contributed by atoms with Crippen LogP contribution in [-0.4, -0.2) is 23.4 Å². The van der Waals surface area contributed by atoms with E-state index < -0.39 is 6.04 Å². The van der Waals surface area contributed by atoms with E-state index in [4.69, 9.17) is 5.73 Å². The van der Waals surface area contributed by atoms with Crippen molar-refractivity contribution < 1.29 is 4.79 Å². The van der Waals surface area contributed by atoms with E-state index in [0.717, 1.165) is 19.4 Å². The van der Waals surface area contributed by atoms with Gasteiger partial charge in [-0.2, -0.15) is 0 Å². The number of aryl methyl sites for hydroxylation is 1. The lowest BCUT2D eigenvalue weighted by Crippen LogP contribution is -2.41. The van der Waals surface area contributed by atoms with Gasteiger partial charge in [0, 0.05) is 6.54 Å². The summed E-state index contributed by atoms with van der Waals surface area (Å²) in [5.41, 5.74) is 8.16. The van der Waals surface area contributed by atoms with E-state index in [9.17, 15) is 4.79 Å². The van der Waals surface area contributed by atoms with Gasteiger partial charge in [0.05, 0.1) is 12.1 Å². The number of hydrogen-bond acceptors (Lipinski definition) is 2. The first-order valence-corrected chi connectivity index (χ1v) is 6.22. The van der Waals surface area contributed by atoms with E-state index in [-0.39, 0.29) is 11.9 Å². The fourth-order valence-electron chi connectivity index (χ4n) is 2.43. The van der Waals surface area contributed by atoms with Crippen molar-refractivity contribution >= 4 is 5.91 Å². The molecule has 1 heterocycles. The van der Waals surface area contributed by atoms with Crippen molar-refractivity contribution in [2.75, 3.05) is 6.54 Å². The molecule has 1 aliphatic heterocycles. The second kappa shape index (κ2) is 4.88. The molecule has 1 aliphatic rings. The standard InChI is InChI=1S/C14H20N2O/c1-10-5-7-12(8-6-10)13-4-3-9-16(13)14(17)11(2)15/h5-8,11,13H,3-4,9,15H2,1-2H3/t11-,13?/m1/s1. The molecule has 3 nitrogen and oxygen atoms in total. The molecule has 1 saturated heterocycles. The molecule has 0 aliphatic carbocycles. The van der Waals surface area contributed by atoms with Gasteiger partial charge in [-0.05, 0) is 32.3 Å². The molecule has 0 radical (unpaired) electrons. The van der Waals surface area contributed by atoms with Crippen LogP contribution < -0.4 is 5.73 Å². The number of nitrogens with zero attached hydrogens (tertiary/aromatic N) is 1. The summed E-state index contributed by atoms with van der Waals surface area (Å²) in [6.45, 7) is 4.66. The van der Waals surface area contributed by atoms with Gasteiger partial charge in [0.1, 0.15) is 0 Å². The van der Waals surface area contributed by atoms with Crippen LogP contribution in [0.15, 0.2) is 24.3 Å². The maximum atomic E-state index is 12.0. The molecule has 2 rings (SSSR count). The molecule has 0 saturated carbocycles. The highest BCUT2D eigenvalue weighted by Gasteiger charge is 2.30. The minimum atomic E-state index is -0.402. The van der Waals surface area contributed by atoms with E-state index in [1.54, 1.807) is 6.92 Å². The molecule has 92 valence electrons. The predicted octanol–water partition coefficient (Wildman–Crippen LogP) is 2.01. The second-order valence-electron chi connectivity index (χ2n) is 4.89. The summed E-state index contributed by atoms with van der Waals surface area (Å²) < 4.78 is 0. The van der Waals surface area contributed by atoms with Crippen LogP contribution in [0.25, 0.3) is 0 Å². The average Bonchev–Trinajstić information content (AvgIpc) is 2.77. The largest absolute Gasteiger partial charge is 0.334 e. The monoisotopic (exact) mass is 232 g/mol. The molecule has 2 N–H and O–H groups in total. The number of likely N-dealkylation sites (tertiary alicyclic amines) is 1. The summed E-state index contributed by atoms with van der Waals surface area (Å²) in [6, 6.07) is 8.25. The van der Waals surface area contributed by atoms with Crippen molar-refractivity contribution in [3.63, 3.8) is 0 Å². The Morgan fingerprint density at radius 2 is 2.06 bits per heavy atom. The molecule has 0 bridgehead atoms. The summed E-state index contributed by atoms with van der Waals surface area (Å²) in [5, 5.41) is 0. The van der Waals surface area contributed by atoms with Crippen LogP contribution in [0, 0.1) is 6.92 Å². The SMILES string of the molecule is Cc1ccc(C2CCCN2C(=O)[C@@H](C)N)cc1. The molecule has 17 heavy (non-hydrogen) atoms. The summed E-state index contributed by atoms with van der Waals surface area (Å²) in [6.07, 6.45) is 2.11. The van der Waals surface area contributed by atoms with Crippen LogP contribution in [0.5, 0.6) is 0 Å². The third-order valence-electron chi connectivity index (χ3n) is 3.39. The fourth-order valence-corrected chi connectivity index (χ4v) is 2.43. The van der Waals surface area contributed by atoms with E-state index >= 15 is 0 Å². The third-order valence-corrected chi connectivity index (χ3v) is 3.39. The Balaban J connectivity index is 2.20. The minimum Gasteiger partial charge on any atom is -0.334 e. The number of hydrogen-bond donors (Lipinski definition) is 1. The lowest BCUT2D eigenvalue weighted by atomic mass is 10.0. The Morgan fingerprint density at radius 1 is 1.41 bits per heavy atom. The zero-order chi connectivity index (χ0) is 12.4. The van der Waals surface area contributed by atoms with Crippen LogP contribution in [0.1, 0.15) is 36.9 Å². The average molecular weight is 232 g/mol. The lowest BCUT2D eigenvalue weighted by molar-refractivity contribution is -0.133. The topological polar surface area (TPSA) is 46.3 Å². The highest BCUT2D eigenvalue weighted by Crippen LogP contribution is 2.32. The van der Waals surface area contributed by atoms with Crippen LogP contribution in [-0.2, 0) is 4.79 Å². The number of amides is 1. The van der Waals surface area contributed by atoms with Gasteiger partial charge in [0.15, 0.2) is 0 Å². The smallest absolute Gasteiger partial charge is 0.239 e. The van der Waals surface area contributed by atoms with Gasteiger partial charge in [-0.25, -0.2) is 0 Å². The predicted molar refractivity (Wildman–Crippen MR) is 68.5 cm³/mol. The van der Waals surface area contributed by atoms with Crippen molar-refractivity contribution in [2.24, 2.45) is 5.73 Å². The summed E-state index contributed by atoms with van der Waals surface area (Å²) >= 11 is 0. The van der Waals surface area contributed by atoms with Crippen LogP contribution in [0.3, 0.4) is 0 Å². The highest BCUT2D eigenvalue weighted by atomic mass is 16.2. The molecular formula is C14H20N2O. The molecule has 1 amide bonds. The summed E-state index contributed by atoms with van der Waals surface area (Å²) in [5.74, 6) is 0.0630. The molecule has 0 spiro atoms. The Labute approximate surface area is 103 Å². The third kappa shape index (κ3) is 2.50. The zero-order valence-electron chi connectivity index (χ0n) is 10.5.